The number of amides is 1. The highest BCUT2D eigenvalue weighted by Gasteiger charge is 2.25. The summed E-state index contributed by atoms with van der Waals surface area (Å²) in [5.74, 6) is -0.766. The molecule has 5 nitrogen and oxygen atoms in total. The smallest absolute Gasteiger partial charge is 0.326 e. The molecule has 1 aromatic rings. The molecular formula is C15H20ClNO4. The molecule has 0 aliphatic carbocycles. The van der Waals surface area contributed by atoms with Crippen molar-refractivity contribution in [1.29, 1.82) is 0 Å². The Morgan fingerprint density at radius 3 is 2.29 bits per heavy atom. The molecule has 1 rings (SSSR count). The highest BCUT2D eigenvalue weighted by molar-refractivity contribution is 6.30. The van der Waals surface area contributed by atoms with Crippen LogP contribution in [0.2, 0.25) is 0 Å². The van der Waals surface area contributed by atoms with Crippen molar-refractivity contribution in [3.63, 3.8) is 0 Å². The van der Waals surface area contributed by atoms with Crippen LogP contribution in [0.5, 0.6) is 5.75 Å². The molecule has 21 heavy (non-hydrogen) atoms. The Labute approximate surface area is 129 Å². The van der Waals surface area contributed by atoms with Gasteiger partial charge in [0.15, 0.2) is 0 Å². The monoisotopic (exact) mass is 313 g/mol. The molecule has 2 N–H and O–H groups in total. The zero-order valence-corrected chi connectivity index (χ0v) is 13.1. The molecule has 0 aliphatic rings. The number of carboxylic acids is 1. The standard InChI is InChI=1S/C15H20ClNO4/c1-9(2)8-12(15(19)20)17-14(18)13(16)10-4-6-11(21-3)7-5-10/h4-7,9,12-13H,8H2,1-3H3,(H,17,18)(H,19,20). The van der Waals surface area contributed by atoms with Gasteiger partial charge in [-0.2, -0.15) is 0 Å². The predicted molar refractivity (Wildman–Crippen MR) is 80.6 cm³/mol. The second-order valence-corrected chi connectivity index (χ2v) is 5.60. The first kappa shape index (κ1) is 17.3. The van der Waals surface area contributed by atoms with Crippen molar-refractivity contribution >= 4 is 23.5 Å². The van der Waals surface area contributed by atoms with Crippen LogP contribution in [0.1, 0.15) is 31.2 Å². The number of aliphatic carboxylic acids is 1. The first-order chi connectivity index (χ1) is 9.85. The van der Waals surface area contributed by atoms with Crippen LogP contribution >= 0.6 is 11.6 Å². The topological polar surface area (TPSA) is 75.6 Å². The third-order valence-electron chi connectivity index (χ3n) is 2.96. The highest BCUT2D eigenvalue weighted by Crippen LogP contribution is 2.23. The fraction of sp³-hybridized carbons (Fsp3) is 0.467. The van der Waals surface area contributed by atoms with E-state index in [4.69, 9.17) is 21.4 Å². The third kappa shape index (κ3) is 5.27. The summed E-state index contributed by atoms with van der Waals surface area (Å²) in [5.41, 5.74) is 0.587. The van der Waals surface area contributed by atoms with Gasteiger partial charge < -0.3 is 15.2 Å². The van der Waals surface area contributed by atoms with Crippen molar-refractivity contribution in [2.24, 2.45) is 5.92 Å². The Balaban J connectivity index is 2.73. The number of methoxy groups -OCH3 is 1. The van der Waals surface area contributed by atoms with Crippen LogP contribution in [0.15, 0.2) is 24.3 Å². The van der Waals surface area contributed by atoms with E-state index >= 15 is 0 Å². The lowest BCUT2D eigenvalue weighted by atomic mass is 10.0. The van der Waals surface area contributed by atoms with Gasteiger partial charge in [-0.1, -0.05) is 26.0 Å². The average Bonchev–Trinajstić information content (AvgIpc) is 2.45. The number of hydrogen-bond donors (Lipinski definition) is 2. The lowest BCUT2D eigenvalue weighted by molar-refractivity contribution is -0.142. The van der Waals surface area contributed by atoms with E-state index in [2.05, 4.69) is 5.32 Å². The molecule has 0 aliphatic heterocycles. The number of alkyl halides is 1. The molecule has 0 bridgehead atoms. The van der Waals surface area contributed by atoms with Gasteiger partial charge in [-0.05, 0) is 30.0 Å². The summed E-state index contributed by atoms with van der Waals surface area (Å²) in [7, 11) is 1.54. The molecule has 6 heteroatoms. The van der Waals surface area contributed by atoms with Crippen molar-refractivity contribution in [2.75, 3.05) is 7.11 Å². The van der Waals surface area contributed by atoms with Gasteiger partial charge in [0.05, 0.1) is 7.11 Å². The zero-order chi connectivity index (χ0) is 16.0. The molecule has 2 unspecified atom stereocenters. The van der Waals surface area contributed by atoms with Crippen LogP contribution in [-0.2, 0) is 9.59 Å². The molecule has 1 amide bonds. The fourth-order valence-electron chi connectivity index (χ4n) is 1.86. The molecule has 0 spiro atoms. The first-order valence-corrected chi connectivity index (χ1v) is 7.10. The van der Waals surface area contributed by atoms with E-state index in [1.165, 1.54) is 0 Å². The number of benzene rings is 1. The quantitative estimate of drug-likeness (QED) is 0.759. The van der Waals surface area contributed by atoms with Crippen LogP contribution in [0, 0.1) is 5.92 Å². The summed E-state index contributed by atoms with van der Waals surface area (Å²) in [6.07, 6.45) is 0.354. The minimum absolute atomic E-state index is 0.154. The highest BCUT2D eigenvalue weighted by atomic mass is 35.5. The minimum Gasteiger partial charge on any atom is -0.497 e. The van der Waals surface area contributed by atoms with E-state index in [1.807, 2.05) is 13.8 Å². The maximum atomic E-state index is 12.1. The molecule has 0 heterocycles. The van der Waals surface area contributed by atoms with Crippen LogP contribution in [0.4, 0.5) is 0 Å². The number of hydrogen-bond acceptors (Lipinski definition) is 3. The molecular weight excluding hydrogens is 294 g/mol. The van der Waals surface area contributed by atoms with Crippen molar-refractivity contribution in [3.05, 3.63) is 29.8 Å². The van der Waals surface area contributed by atoms with E-state index in [1.54, 1.807) is 31.4 Å². The Bertz CT molecular complexity index is 487. The summed E-state index contributed by atoms with van der Waals surface area (Å²) < 4.78 is 5.03. The van der Waals surface area contributed by atoms with E-state index in [-0.39, 0.29) is 5.92 Å². The number of carbonyl (C=O) groups is 2. The largest absolute Gasteiger partial charge is 0.497 e. The van der Waals surface area contributed by atoms with Gasteiger partial charge in [-0.15, -0.1) is 11.6 Å². The van der Waals surface area contributed by atoms with Gasteiger partial charge in [0.2, 0.25) is 5.91 Å². The molecule has 0 aromatic heterocycles. The van der Waals surface area contributed by atoms with Gasteiger partial charge in [-0.3, -0.25) is 4.79 Å². The lowest BCUT2D eigenvalue weighted by Crippen LogP contribution is -2.43. The summed E-state index contributed by atoms with van der Waals surface area (Å²) in [6, 6.07) is 5.81. The first-order valence-electron chi connectivity index (χ1n) is 6.66. The maximum Gasteiger partial charge on any atom is 0.326 e. The van der Waals surface area contributed by atoms with Gasteiger partial charge >= 0.3 is 5.97 Å². The molecule has 0 fully saturated rings. The molecule has 0 radical (unpaired) electrons. The number of halogens is 1. The molecule has 0 saturated heterocycles. The molecule has 116 valence electrons. The second kappa shape index (κ2) is 7.88. The normalized spacial score (nSPS) is 13.6. The van der Waals surface area contributed by atoms with Crippen molar-refractivity contribution in [1.82, 2.24) is 5.32 Å². The van der Waals surface area contributed by atoms with Crippen LogP contribution in [-0.4, -0.2) is 30.1 Å². The Hall–Kier alpha value is -1.75. The molecule has 0 saturated carbocycles. The number of ether oxygens (including phenoxy) is 1. The van der Waals surface area contributed by atoms with Gasteiger partial charge in [-0.25, -0.2) is 4.79 Å². The summed E-state index contributed by atoms with van der Waals surface area (Å²) in [5, 5.41) is 10.7. The van der Waals surface area contributed by atoms with Gasteiger partial charge in [0, 0.05) is 0 Å². The maximum absolute atomic E-state index is 12.1. The number of carbonyl (C=O) groups excluding carboxylic acids is 1. The minimum atomic E-state index is -1.06. The number of nitrogens with one attached hydrogen (secondary N) is 1. The third-order valence-corrected chi connectivity index (χ3v) is 3.41. The lowest BCUT2D eigenvalue weighted by Gasteiger charge is -2.18. The van der Waals surface area contributed by atoms with Crippen molar-refractivity contribution in [2.45, 2.75) is 31.7 Å². The number of carboxylic acid groups (broad SMARTS) is 1. The molecule has 1 aromatic carbocycles. The van der Waals surface area contributed by atoms with Crippen molar-refractivity contribution in [3.8, 4) is 5.75 Å². The van der Waals surface area contributed by atoms with Crippen molar-refractivity contribution < 1.29 is 19.4 Å². The molecule has 2 atom stereocenters. The zero-order valence-electron chi connectivity index (χ0n) is 12.3. The fourth-order valence-corrected chi connectivity index (χ4v) is 2.07. The van der Waals surface area contributed by atoms with Crippen LogP contribution < -0.4 is 10.1 Å². The van der Waals surface area contributed by atoms with Gasteiger partial charge in [0.25, 0.3) is 0 Å². The summed E-state index contributed by atoms with van der Waals surface area (Å²) in [4.78, 5) is 23.2. The van der Waals surface area contributed by atoms with E-state index in [0.29, 0.717) is 17.7 Å². The SMILES string of the molecule is COc1ccc(C(Cl)C(=O)NC(CC(C)C)C(=O)O)cc1. The Morgan fingerprint density at radius 1 is 1.29 bits per heavy atom. The Morgan fingerprint density at radius 2 is 1.86 bits per heavy atom. The predicted octanol–water partition coefficient (Wildman–Crippen LogP) is 2.59. The van der Waals surface area contributed by atoms with Crippen LogP contribution in [0.3, 0.4) is 0 Å². The second-order valence-electron chi connectivity index (χ2n) is 5.16. The van der Waals surface area contributed by atoms with E-state index < -0.39 is 23.3 Å². The van der Waals surface area contributed by atoms with E-state index in [0.717, 1.165) is 0 Å². The summed E-state index contributed by atoms with van der Waals surface area (Å²) >= 11 is 6.09. The average molecular weight is 314 g/mol. The number of rotatable bonds is 7. The summed E-state index contributed by atoms with van der Waals surface area (Å²) in [6.45, 7) is 3.79. The van der Waals surface area contributed by atoms with Crippen LogP contribution in [0.25, 0.3) is 0 Å². The van der Waals surface area contributed by atoms with Gasteiger partial charge in [0.1, 0.15) is 17.2 Å². The Kier molecular flexibility index (Phi) is 6.49. The van der Waals surface area contributed by atoms with E-state index in [9.17, 15) is 9.59 Å².